The van der Waals surface area contributed by atoms with Crippen LogP contribution in [0.3, 0.4) is 0 Å². The third kappa shape index (κ3) is 6.59. The molecule has 4 N–H and O–H groups in total. The number of ether oxygens (including phenoxy) is 1. The summed E-state index contributed by atoms with van der Waals surface area (Å²) in [4.78, 5) is 43.5. The minimum atomic E-state index is -0.457. The lowest BCUT2D eigenvalue weighted by molar-refractivity contribution is 0.0957. The van der Waals surface area contributed by atoms with E-state index in [9.17, 15) is 14.4 Å². The van der Waals surface area contributed by atoms with Crippen molar-refractivity contribution < 1.29 is 14.3 Å². The van der Waals surface area contributed by atoms with E-state index in [1.807, 2.05) is 24.3 Å². The van der Waals surface area contributed by atoms with E-state index in [0.717, 1.165) is 36.0 Å². The Bertz CT molecular complexity index is 1780. The number of carbonyl (C=O) groups excluding carboxylic acids is 2. The van der Waals surface area contributed by atoms with Crippen molar-refractivity contribution in [3.8, 4) is 17.2 Å². The van der Waals surface area contributed by atoms with E-state index >= 15 is 0 Å². The van der Waals surface area contributed by atoms with Gasteiger partial charge < -0.3 is 20.4 Å². The van der Waals surface area contributed by atoms with Gasteiger partial charge in [0.05, 0.1) is 11.4 Å². The van der Waals surface area contributed by atoms with Gasteiger partial charge in [-0.3, -0.25) is 19.9 Å². The molecule has 3 heterocycles. The topological polar surface area (TPSA) is 143 Å². The number of rotatable bonds is 9. The van der Waals surface area contributed by atoms with E-state index in [1.54, 1.807) is 41.1 Å². The van der Waals surface area contributed by atoms with E-state index in [1.165, 1.54) is 25.4 Å². The van der Waals surface area contributed by atoms with Crippen LogP contribution in [-0.4, -0.2) is 38.7 Å². The first-order valence-corrected chi connectivity index (χ1v) is 13.2. The Kier molecular flexibility index (Phi) is 8.05. The summed E-state index contributed by atoms with van der Waals surface area (Å²) in [5.74, 6) is 1.09. The van der Waals surface area contributed by atoms with Crippen LogP contribution in [0.4, 0.5) is 16.3 Å². The quantitative estimate of drug-likeness (QED) is 0.197. The Morgan fingerprint density at radius 2 is 1.83 bits per heavy atom. The third-order valence-electron chi connectivity index (χ3n) is 6.26. The standard InChI is InChI=1S/C30H29N7O4/c1-3-4-6-21-17-27(37(36-21)22-10-11-25-19(15-22)9-12-28(38)34-25)35-30(40)33-20-7-5-8-23(16-20)41-24-13-14-32-26(18-24)29(39)31-2/h5,7-18H,3-4,6H2,1-2H3,(H,31,39)(H,34,38)(H2,33,35,40). The molecule has 3 amide bonds. The zero-order valence-corrected chi connectivity index (χ0v) is 22.6. The lowest BCUT2D eigenvalue weighted by Gasteiger charge is -2.12. The molecule has 0 aliphatic rings. The molecule has 5 rings (SSSR count). The molecule has 0 unspecified atom stereocenters. The maximum absolute atomic E-state index is 13.1. The van der Waals surface area contributed by atoms with E-state index < -0.39 is 6.03 Å². The number of nitrogens with zero attached hydrogens (tertiary/aromatic N) is 3. The van der Waals surface area contributed by atoms with E-state index in [4.69, 9.17) is 9.84 Å². The van der Waals surface area contributed by atoms with Crippen molar-refractivity contribution in [1.29, 1.82) is 0 Å². The van der Waals surface area contributed by atoms with Crippen molar-refractivity contribution in [2.75, 3.05) is 17.7 Å². The fraction of sp³-hybridized carbons (Fsp3) is 0.167. The van der Waals surface area contributed by atoms with E-state index in [-0.39, 0.29) is 17.2 Å². The normalized spacial score (nSPS) is 10.8. The number of fused-ring (bicyclic) bond motifs is 1. The van der Waals surface area contributed by atoms with Crippen molar-refractivity contribution in [3.05, 3.63) is 101 Å². The first-order chi connectivity index (χ1) is 19.9. The maximum atomic E-state index is 13.1. The largest absolute Gasteiger partial charge is 0.457 e. The van der Waals surface area contributed by atoms with Crippen LogP contribution in [0.25, 0.3) is 16.6 Å². The van der Waals surface area contributed by atoms with Crippen molar-refractivity contribution in [3.63, 3.8) is 0 Å². The minimum absolute atomic E-state index is 0.172. The van der Waals surface area contributed by atoms with E-state index in [2.05, 4.69) is 32.8 Å². The van der Waals surface area contributed by atoms with Gasteiger partial charge in [-0.25, -0.2) is 9.48 Å². The van der Waals surface area contributed by atoms with Gasteiger partial charge in [-0.1, -0.05) is 19.4 Å². The number of amides is 3. The zero-order valence-electron chi connectivity index (χ0n) is 22.6. The summed E-state index contributed by atoms with van der Waals surface area (Å²) in [6.07, 6.45) is 4.25. The number of hydrogen-bond donors (Lipinski definition) is 4. The Labute approximate surface area is 235 Å². The molecule has 0 aliphatic heterocycles. The van der Waals surface area contributed by atoms with Crippen molar-refractivity contribution in [2.45, 2.75) is 26.2 Å². The molecule has 0 atom stereocenters. The number of aromatic nitrogens is 4. The Balaban J connectivity index is 1.34. The number of aryl methyl sites for hydroxylation is 1. The number of urea groups is 1. The fourth-order valence-corrected chi connectivity index (χ4v) is 4.25. The van der Waals surface area contributed by atoms with Crippen LogP contribution in [0, 0.1) is 0 Å². The van der Waals surface area contributed by atoms with Gasteiger partial charge in [-0.05, 0) is 55.3 Å². The predicted octanol–water partition coefficient (Wildman–Crippen LogP) is 5.25. The highest BCUT2D eigenvalue weighted by molar-refractivity contribution is 5.99. The van der Waals surface area contributed by atoms with Crippen LogP contribution in [0.1, 0.15) is 35.9 Å². The SMILES string of the molecule is CCCCc1cc(NC(=O)Nc2cccc(Oc3ccnc(C(=O)NC)c3)c2)n(-c2ccc3[nH]c(=O)ccc3c2)n1. The summed E-state index contributed by atoms with van der Waals surface area (Å²) < 4.78 is 7.57. The smallest absolute Gasteiger partial charge is 0.324 e. The lowest BCUT2D eigenvalue weighted by Crippen LogP contribution is -2.21. The molecule has 0 spiro atoms. The molecule has 5 aromatic rings. The molecule has 0 radical (unpaired) electrons. The number of benzene rings is 2. The number of nitrogens with one attached hydrogen (secondary N) is 4. The van der Waals surface area contributed by atoms with Crippen LogP contribution >= 0.6 is 0 Å². The highest BCUT2D eigenvalue weighted by Gasteiger charge is 2.14. The summed E-state index contributed by atoms with van der Waals surface area (Å²) in [5, 5.41) is 13.9. The fourth-order valence-electron chi connectivity index (χ4n) is 4.25. The molecule has 41 heavy (non-hydrogen) atoms. The number of H-pyrrole nitrogens is 1. The van der Waals surface area contributed by atoms with Gasteiger partial charge in [0.15, 0.2) is 0 Å². The van der Waals surface area contributed by atoms with Crippen LogP contribution < -0.4 is 26.2 Å². The lowest BCUT2D eigenvalue weighted by atomic mass is 10.2. The average Bonchev–Trinajstić information content (AvgIpc) is 3.37. The number of aromatic amines is 1. The summed E-state index contributed by atoms with van der Waals surface area (Å²) >= 11 is 0. The van der Waals surface area contributed by atoms with Crippen LogP contribution in [0.2, 0.25) is 0 Å². The Morgan fingerprint density at radius 1 is 0.976 bits per heavy atom. The van der Waals surface area contributed by atoms with Gasteiger partial charge in [0, 0.05) is 54.1 Å². The van der Waals surface area contributed by atoms with Crippen molar-refractivity contribution in [2.24, 2.45) is 0 Å². The summed E-state index contributed by atoms with van der Waals surface area (Å²) in [7, 11) is 1.53. The Hall–Kier alpha value is -5.45. The zero-order chi connectivity index (χ0) is 28.8. The van der Waals surface area contributed by atoms with E-state index in [0.29, 0.717) is 28.5 Å². The molecule has 3 aromatic heterocycles. The number of pyridine rings is 2. The maximum Gasteiger partial charge on any atom is 0.324 e. The highest BCUT2D eigenvalue weighted by Crippen LogP contribution is 2.25. The number of hydrogen-bond acceptors (Lipinski definition) is 6. The predicted molar refractivity (Wildman–Crippen MR) is 157 cm³/mol. The number of carbonyl (C=O) groups is 2. The van der Waals surface area contributed by atoms with Gasteiger partial charge in [-0.2, -0.15) is 5.10 Å². The monoisotopic (exact) mass is 551 g/mol. The van der Waals surface area contributed by atoms with Gasteiger partial charge >= 0.3 is 6.03 Å². The van der Waals surface area contributed by atoms with Crippen LogP contribution in [0.15, 0.2) is 83.8 Å². The summed E-state index contributed by atoms with van der Waals surface area (Å²) in [6, 6.07) is 20.3. The Morgan fingerprint density at radius 3 is 2.66 bits per heavy atom. The van der Waals surface area contributed by atoms with Crippen LogP contribution in [-0.2, 0) is 6.42 Å². The molecule has 0 saturated carbocycles. The molecule has 0 saturated heterocycles. The highest BCUT2D eigenvalue weighted by atomic mass is 16.5. The average molecular weight is 552 g/mol. The minimum Gasteiger partial charge on any atom is -0.457 e. The number of anilines is 2. The van der Waals surface area contributed by atoms with Crippen molar-refractivity contribution >= 4 is 34.3 Å². The van der Waals surface area contributed by atoms with Gasteiger partial charge in [0.2, 0.25) is 5.56 Å². The second-order valence-electron chi connectivity index (χ2n) is 9.30. The molecule has 208 valence electrons. The molecule has 0 fully saturated rings. The van der Waals surface area contributed by atoms with Gasteiger partial charge in [-0.15, -0.1) is 0 Å². The molecule has 11 nitrogen and oxygen atoms in total. The molecule has 11 heteroatoms. The second-order valence-corrected chi connectivity index (χ2v) is 9.30. The second kappa shape index (κ2) is 12.2. The first kappa shape index (κ1) is 27.1. The van der Waals surface area contributed by atoms with Crippen molar-refractivity contribution in [1.82, 2.24) is 25.1 Å². The molecular weight excluding hydrogens is 522 g/mol. The number of unbranched alkanes of at least 4 members (excludes halogenated alkanes) is 1. The van der Waals surface area contributed by atoms with Gasteiger partial charge in [0.25, 0.3) is 5.91 Å². The molecule has 2 aromatic carbocycles. The first-order valence-electron chi connectivity index (χ1n) is 13.2. The molecular formula is C30H29N7O4. The molecule has 0 aliphatic carbocycles. The summed E-state index contributed by atoms with van der Waals surface area (Å²) in [6.45, 7) is 2.11. The molecule has 0 bridgehead atoms. The van der Waals surface area contributed by atoms with Crippen LogP contribution in [0.5, 0.6) is 11.5 Å². The summed E-state index contributed by atoms with van der Waals surface area (Å²) in [5.41, 5.74) is 2.87. The van der Waals surface area contributed by atoms with Gasteiger partial charge in [0.1, 0.15) is 23.0 Å². The third-order valence-corrected chi connectivity index (χ3v) is 6.26.